The highest BCUT2D eigenvalue weighted by Crippen LogP contribution is 2.17. The van der Waals surface area contributed by atoms with E-state index in [1.165, 1.54) is 0 Å². The predicted octanol–water partition coefficient (Wildman–Crippen LogP) is 1.39. The SMILES string of the molecule is CC[C@@H]1C(=O)NCCCN1Cc1oc(C)nc1C. The molecular formula is C13H21N3O2. The molecule has 0 aliphatic carbocycles. The van der Waals surface area contributed by atoms with Gasteiger partial charge in [-0.25, -0.2) is 4.98 Å². The Balaban J connectivity index is 2.14. The van der Waals surface area contributed by atoms with Gasteiger partial charge in [0.2, 0.25) is 5.91 Å². The van der Waals surface area contributed by atoms with E-state index in [1.54, 1.807) is 0 Å². The van der Waals surface area contributed by atoms with Crippen LogP contribution in [0.2, 0.25) is 0 Å². The van der Waals surface area contributed by atoms with Crippen LogP contribution >= 0.6 is 0 Å². The number of hydrogen-bond acceptors (Lipinski definition) is 4. The minimum absolute atomic E-state index is 0.0580. The van der Waals surface area contributed by atoms with Crippen molar-refractivity contribution in [1.29, 1.82) is 0 Å². The lowest BCUT2D eigenvalue weighted by Gasteiger charge is -2.26. The zero-order valence-corrected chi connectivity index (χ0v) is 11.3. The second-order valence-corrected chi connectivity index (χ2v) is 4.78. The number of carbonyl (C=O) groups excluding carboxylic acids is 1. The summed E-state index contributed by atoms with van der Waals surface area (Å²) >= 11 is 0. The van der Waals surface area contributed by atoms with Crippen molar-refractivity contribution >= 4 is 5.91 Å². The van der Waals surface area contributed by atoms with Gasteiger partial charge in [-0.15, -0.1) is 0 Å². The van der Waals surface area contributed by atoms with E-state index in [0.717, 1.165) is 37.4 Å². The van der Waals surface area contributed by atoms with Crippen LogP contribution in [0.4, 0.5) is 0 Å². The van der Waals surface area contributed by atoms with Crippen LogP contribution in [0.25, 0.3) is 0 Å². The molecule has 2 rings (SSSR count). The molecule has 100 valence electrons. The van der Waals surface area contributed by atoms with Crippen molar-refractivity contribution in [2.45, 2.75) is 46.2 Å². The van der Waals surface area contributed by atoms with E-state index in [1.807, 2.05) is 20.8 Å². The van der Waals surface area contributed by atoms with Gasteiger partial charge in [0, 0.05) is 20.0 Å². The highest BCUT2D eigenvalue weighted by atomic mass is 16.4. The van der Waals surface area contributed by atoms with Gasteiger partial charge < -0.3 is 9.73 Å². The van der Waals surface area contributed by atoms with Crippen LogP contribution in [0, 0.1) is 13.8 Å². The number of aromatic nitrogens is 1. The van der Waals surface area contributed by atoms with Crippen molar-refractivity contribution in [1.82, 2.24) is 15.2 Å². The molecule has 1 amide bonds. The van der Waals surface area contributed by atoms with Gasteiger partial charge in [-0.3, -0.25) is 9.69 Å². The van der Waals surface area contributed by atoms with Crippen LogP contribution in [-0.4, -0.2) is 34.9 Å². The third kappa shape index (κ3) is 2.72. The minimum atomic E-state index is -0.0580. The summed E-state index contributed by atoms with van der Waals surface area (Å²) in [6.45, 7) is 8.18. The van der Waals surface area contributed by atoms with Crippen molar-refractivity contribution in [2.24, 2.45) is 0 Å². The molecule has 1 aromatic rings. The van der Waals surface area contributed by atoms with Gasteiger partial charge in [0.15, 0.2) is 5.89 Å². The molecule has 1 N–H and O–H groups in total. The summed E-state index contributed by atoms with van der Waals surface area (Å²) in [5.74, 6) is 1.69. The summed E-state index contributed by atoms with van der Waals surface area (Å²) in [6, 6.07) is -0.0580. The number of hydrogen-bond donors (Lipinski definition) is 1. The van der Waals surface area contributed by atoms with Crippen LogP contribution in [-0.2, 0) is 11.3 Å². The zero-order chi connectivity index (χ0) is 13.1. The fourth-order valence-electron chi connectivity index (χ4n) is 2.47. The molecule has 0 bridgehead atoms. The summed E-state index contributed by atoms with van der Waals surface area (Å²) in [5.41, 5.74) is 0.923. The Hall–Kier alpha value is -1.36. The van der Waals surface area contributed by atoms with Gasteiger partial charge >= 0.3 is 0 Å². The van der Waals surface area contributed by atoms with Crippen molar-refractivity contribution in [3.05, 3.63) is 17.3 Å². The van der Waals surface area contributed by atoms with E-state index in [0.29, 0.717) is 12.4 Å². The van der Waals surface area contributed by atoms with Gasteiger partial charge in [0.05, 0.1) is 18.3 Å². The normalized spacial score (nSPS) is 21.7. The number of nitrogens with zero attached hydrogens (tertiary/aromatic N) is 2. The summed E-state index contributed by atoms with van der Waals surface area (Å²) in [7, 11) is 0. The van der Waals surface area contributed by atoms with Crippen molar-refractivity contribution in [3.8, 4) is 0 Å². The third-order valence-electron chi connectivity index (χ3n) is 3.40. The monoisotopic (exact) mass is 251 g/mol. The van der Waals surface area contributed by atoms with Gasteiger partial charge in [-0.1, -0.05) is 6.92 Å². The number of nitrogens with one attached hydrogen (secondary N) is 1. The molecule has 18 heavy (non-hydrogen) atoms. The lowest BCUT2D eigenvalue weighted by molar-refractivity contribution is -0.125. The van der Waals surface area contributed by atoms with Crippen molar-refractivity contribution < 1.29 is 9.21 Å². The summed E-state index contributed by atoms with van der Waals surface area (Å²) in [5, 5.41) is 2.95. The van der Waals surface area contributed by atoms with Crippen LogP contribution in [0.1, 0.15) is 37.1 Å². The molecule has 0 radical (unpaired) electrons. The molecule has 1 saturated heterocycles. The molecular weight excluding hydrogens is 230 g/mol. The first-order chi connectivity index (χ1) is 8.61. The van der Waals surface area contributed by atoms with E-state index in [2.05, 4.69) is 15.2 Å². The molecule has 1 fully saturated rings. The Morgan fingerprint density at radius 3 is 2.89 bits per heavy atom. The van der Waals surface area contributed by atoms with E-state index in [4.69, 9.17) is 4.42 Å². The fourth-order valence-corrected chi connectivity index (χ4v) is 2.47. The molecule has 1 aromatic heterocycles. The molecule has 0 unspecified atom stereocenters. The number of oxazole rings is 1. The van der Waals surface area contributed by atoms with Gasteiger partial charge in [-0.05, 0) is 19.8 Å². The lowest BCUT2D eigenvalue weighted by Crippen LogP contribution is -2.43. The highest BCUT2D eigenvalue weighted by Gasteiger charge is 2.27. The van der Waals surface area contributed by atoms with Crippen LogP contribution in [0.15, 0.2) is 4.42 Å². The van der Waals surface area contributed by atoms with Gasteiger partial charge in [0.1, 0.15) is 5.76 Å². The average molecular weight is 251 g/mol. The Labute approximate surface area is 108 Å². The molecule has 0 saturated carbocycles. The molecule has 2 heterocycles. The van der Waals surface area contributed by atoms with E-state index in [9.17, 15) is 4.79 Å². The maximum Gasteiger partial charge on any atom is 0.237 e. The average Bonchev–Trinajstić information content (AvgIpc) is 2.54. The maximum atomic E-state index is 11.9. The predicted molar refractivity (Wildman–Crippen MR) is 68.1 cm³/mol. The largest absolute Gasteiger partial charge is 0.444 e. The number of aryl methyl sites for hydroxylation is 2. The van der Waals surface area contributed by atoms with Crippen LogP contribution in [0.3, 0.4) is 0 Å². The molecule has 1 atom stereocenters. The molecule has 0 aromatic carbocycles. The van der Waals surface area contributed by atoms with Gasteiger partial charge in [0.25, 0.3) is 0 Å². The third-order valence-corrected chi connectivity index (χ3v) is 3.40. The van der Waals surface area contributed by atoms with E-state index in [-0.39, 0.29) is 11.9 Å². The van der Waals surface area contributed by atoms with Crippen molar-refractivity contribution in [2.75, 3.05) is 13.1 Å². The smallest absolute Gasteiger partial charge is 0.237 e. The first-order valence-corrected chi connectivity index (χ1v) is 6.56. The summed E-state index contributed by atoms with van der Waals surface area (Å²) in [4.78, 5) is 18.4. The Morgan fingerprint density at radius 1 is 1.50 bits per heavy atom. The lowest BCUT2D eigenvalue weighted by atomic mass is 10.1. The van der Waals surface area contributed by atoms with E-state index >= 15 is 0 Å². The number of carbonyl (C=O) groups is 1. The first-order valence-electron chi connectivity index (χ1n) is 6.56. The fraction of sp³-hybridized carbons (Fsp3) is 0.692. The molecule has 1 aliphatic rings. The van der Waals surface area contributed by atoms with Crippen LogP contribution in [0.5, 0.6) is 0 Å². The summed E-state index contributed by atoms with van der Waals surface area (Å²) < 4.78 is 5.60. The Morgan fingerprint density at radius 2 is 2.28 bits per heavy atom. The van der Waals surface area contributed by atoms with Crippen molar-refractivity contribution in [3.63, 3.8) is 0 Å². The highest BCUT2D eigenvalue weighted by molar-refractivity contribution is 5.81. The molecule has 1 aliphatic heterocycles. The van der Waals surface area contributed by atoms with E-state index < -0.39 is 0 Å². The molecule has 5 heteroatoms. The molecule has 5 nitrogen and oxygen atoms in total. The second-order valence-electron chi connectivity index (χ2n) is 4.78. The topological polar surface area (TPSA) is 58.4 Å². The zero-order valence-electron chi connectivity index (χ0n) is 11.3. The minimum Gasteiger partial charge on any atom is -0.444 e. The standard InChI is InChI=1S/C13H21N3O2/c1-4-11-13(17)14-6-5-7-16(11)8-12-9(2)15-10(3)18-12/h11H,4-8H2,1-3H3,(H,14,17)/t11-/m1/s1. The number of rotatable bonds is 3. The van der Waals surface area contributed by atoms with Crippen LogP contribution < -0.4 is 5.32 Å². The first kappa shape index (κ1) is 13.1. The summed E-state index contributed by atoms with van der Waals surface area (Å²) in [6.07, 6.45) is 1.80. The second kappa shape index (κ2) is 5.52. The Bertz CT molecular complexity index is 428. The maximum absolute atomic E-state index is 11.9. The Kier molecular flexibility index (Phi) is 4.01. The number of amides is 1. The van der Waals surface area contributed by atoms with Gasteiger partial charge in [-0.2, -0.15) is 0 Å². The quantitative estimate of drug-likeness (QED) is 0.882. The molecule has 0 spiro atoms.